The average Bonchev–Trinajstić information content (AvgIpc) is 2.42. The molecule has 5 heteroatoms. The Hall–Kier alpha value is -2.69. The van der Waals surface area contributed by atoms with Gasteiger partial charge in [0.25, 0.3) is 0 Å². The first kappa shape index (κ1) is 12.8. The lowest BCUT2D eigenvalue weighted by atomic mass is 10.0. The average molecular weight is 259 g/mol. The highest BCUT2D eigenvalue weighted by molar-refractivity contribution is 6.14. The summed E-state index contributed by atoms with van der Waals surface area (Å²) in [5.74, 6) is 0.452. The second-order valence-electron chi connectivity index (χ2n) is 3.88. The molecule has 0 heterocycles. The molecule has 0 aliphatic carbocycles. The van der Waals surface area contributed by atoms with Crippen LogP contribution in [0.5, 0.6) is 17.2 Å². The summed E-state index contributed by atoms with van der Waals surface area (Å²) in [7, 11) is 1.56. The van der Waals surface area contributed by atoms with Gasteiger partial charge in [0.1, 0.15) is 23.0 Å². The highest BCUT2D eigenvalue weighted by Crippen LogP contribution is 2.26. The van der Waals surface area contributed by atoms with Crippen LogP contribution in [0.1, 0.15) is 11.1 Å². The van der Waals surface area contributed by atoms with Crippen molar-refractivity contribution in [1.82, 2.24) is 0 Å². The number of methoxy groups -OCH3 is 1. The summed E-state index contributed by atoms with van der Waals surface area (Å²) in [5.41, 5.74) is 1.15. The maximum atomic E-state index is 9.78. The quantitative estimate of drug-likeness (QED) is 0.449. The van der Waals surface area contributed by atoms with Crippen LogP contribution in [-0.4, -0.2) is 28.2 Å². The number of phenolic OH excluding ortho intramolecular Hbond substituents is 2. The smallest absolute Gasteiger partial charge is 0.128 e. The molecule has 0 atom stereocenters. The Balaban J connectivity index is 2.44. The van der Waals surface area contributed by atoms with E-state index in [9.17, 15) is 10.2 Å². The third kappa shape index (κ3) is 2.60. The number of nitrogens with zero attached hydrogens (tertiary/aromatic N) is 1. The molecule has 0 saturated carbocycles. The predicted octanol–water partition coefficient (Wildman–Crippen LogP) is 2.33. The van der Waals surface area contributed by atoms with E-state index in [1.54, 1.807) is 31.4 Å². The lowest BCUT2D eigenvalue weighted by molar-refractivity contribution is 0.319. The van der Waals surface area contributed by atoms with Crippen molar-refractivity contribution in [3.05, 3.63) is 53.6 Å². The summed E-state index contributed by atoms with van der Waals surface area (Å²) >= 11 is 0. The van der Waals surface area contributed by atoms with Crippen LogP contribution in [0.2, 0.25) is 0 Å². The van der Waals surface area contributed by atoms with E-state index in [1.165, 1.54) is 18.2 Å². The van der Waals surface area contributed by atoms with Crippen molar-refractivity contribution in [3.8, 4) is 17.2 Å². The van der Waals surface area contributed by atoms with Gasteiger partial charge in [-0.15, -0.1) is 0 Å². The number of hydrogen-bond acceptors (Lipinski definition) is 5. The minimum Gasteiger partial charge on any atom is -0.508 e. The molecule has 98 valence electrons. The summed E-state index contributed by atoms with van der Waals surface area (Å²) in [4.78, 5) is 0. The zero-order valence-electron chi connectivity index (χ0n) is 10.2. The molecule has 0 saturated heterocycles. The van der Waals surface area contributed by atoms with Crippen molar-refractivity contribution < 1.29 is 20.2 Å². The van der Waals surface area contributed by atoms with Gasteiger partial charge in [0.2, 0.25) is 0 Å². The van der Waals surface area contributed by atoms with Crippen molar-refractivity contribution in [2.24, 2.45) is 5.16 Å². The van der Waals surface area contributed by atoms with Crippen molar-refractivity contribution in [2.45, 2.75) is 0 Å². The van der Waals surface area contributed by atoms with Crippen LogP contribution in [0, 0.1) is 0 Å². The van der Waals surface area contributed by atoms with E-state index < -0.39 is 0 Å². The Bertz CT molecular complexity index is 605. The van der Waals surface area contributed by atoms with Gasteiger partial charge in [-0.25, -0.2) is 0 Å². The predicted molar refractivity (Wildman–Crippen MR) is 70.2 cm³/mol. The summed E-state index contributed by atoms with van der Waals surface area (Å²) in [6, 6.07) is 10.9. The van der Waals surface area contributed by atoms with Gasteiger partial charge in [0.05, 0.1) is 7.11 Å². The Kier molecular flexibility index (Phi) is 3.56. The minimum atomic E-state index is -0.163. The van der Waals surface area contributed by atoms with Crippen LogP contribution in [0.4, 0.5) is 0 Å². The Morgan fingerprint density at radius 1 is 1.05 bits per heavy atom. The van der Waals surface area contributed by atoms with Gasteiger partial charge in [-0.1, -0.05) is 5.16 Å². The second-order valence-corrected chi connectivity index (χ2v) is 3.88. The topological polar surface area (TPSA) is 82.3 Å². The summed E-state index contributed by atoms with van der Waals surface area (Å²) in [5, 5.41) is 31.4. The largest absolute Gasteiger partial charge is 0.508 e. The van der Waals surface area contributed by atoms with Gasteiger partial charge in [-0.2, -0.15) is 0 Å². The highest BCUT2D eigenvalue weighted by Gasteiger charge is 2.13. The van der Waals surface area contributed by atoms with Crippen molar-refractivity contribution in [2.75, 3.05) is 7.11 Å². The molecule has 0 spiro atoms. The third-order valence-corrected chi connectivity index (χ3v) is 2.70. The standard InChI is InChI=1S/C14H13NO4/c1-19-11-5-2-9(3-6-11)14(15-18)12-7-4-10(16)8-13(12)17/h2-8,16-18H,1H3/b15-14-. The maximum Gasteiger partial charge on any atom is 0.128 e. The number of phenols is 2. The Morgan fingerprint density at radius 3 is 2.26 bits per heavy atom. The Labute approximate surface area is 110 Å². The van der Waals surface area contributed by atoms with Gasteiger partial charge < -0.3 is 20.2 Å². The molecule has 0 bridgehead atoms. The van der Waals surface area contributed by atoms with Crippen LogP contribution in [0.3, 0.4) is 0 Å². The molecule has 3 N–H and O–H groups in total. The first-order valence-electron chi connectivity index (χ1n) is 5.54. The molecule has 19 heavy (non-hydrogen) atoms. The van der Waals surface area contributed by atoms with Crippen LogP contribution in [-0.2, 0) is 0 Å². The van der Waals surface area contributed by atoms with E-state index in [0.717, 1.165) is 0 Å². The first-order chi connectivity index (χ1) is 9.15. The van der Waals surface area contributed by atoms with Crippen molar-refractivity contribution >= 4 is 5.71 Å². The van der Waals surface area contributed by atoms with E-state index in [-0.39, 0.29) is 17.2 Å². The zero-order valence-corrected chi connectivity index (χ0v) is 10.2. The molecule has 2 aromatic carbocycles. The van der Waals surface area contributed by atoms with Gasteiger partial charge in [0.15, 0.2) is 0 Å². The SMILES string of the molecule is COc1ccc(/C(=N/O)c2ccc(O)cc2O)cc1. The Morgan fingerprint density at radius 2 is 1.74 bits per heavy atom. The monoisotopic (exact) mass is 259 g/mol. The van der Waals surface area contributed by atoms with Gasteiger partial charge >= 0.3 is 0 Å². The second kappa shape index (κ2) is 5.30. The zero-order chi connectivity index (χ0) is 13.8. The fourth-order valence-corrected chi connectivity index (χ4v) is 1.74. The van der Waals surface area contributed by atoms with Crippen LogP contribution < -0.4 is 4.74 Å². The van der Waals surface area contributed by atoms with E-state index in [2.05, 4.69) is 5.16 Å². The summed E-state index contributed by atoms with van der Waals surface area (Å²) in [6.45, 7) is 0. The normalized spacial score (nSPS) is 11.3. The van der Waals surface area contributed by atoms with Crippen LogP contribution in [0.15, 0.2) is 47.6 Å². The molecule has 0 aliphatic rings. The molecule has 0 radical (unpaired) electrons. The fraction of sp³-hybridized carbons (Fsp3) is 0.0714. The van der Waals surface area contributed by atoms with E-state index in [0.29, 0.717) is 16.9 Å². The number of oxime groups is 1. The molecule has 5 nitrogen and oxygen atoms in total. The first-order valence-corrected chi connectivity index (χ1v) is 5.54. The third-order valence-electron chi connectivity index (χ3n) is 2.70. The van der Waals surface area contributed by atoms with Gasteiger partial charge in [-0.3, -0.25) is 0 Å². The summed E-state index contributed by atoms with van der Waals surface area (Å²) < 4.78 is 5.04. The van der Waals surface area contributed by atoms with E-state index in [1.807, 2.05) is 0 Å². The lowest BCUT2D eigenvalue weighted by Crippen LogP contribution is -2.03. The van der Waals surface area contributed by atoms with Crippen molar-refractivity contribution in [3.63, 3.8) is 0 Å². The highest BCUT2D eigenvalue weighted by atomic mass is 16.5. The molecule has 2 aromatic rings. The van der Waals surface area contributed by atoms with Crippen LogP contribution in [0.25, 0.3) is 0 Å². The summed E-state index contributed by atoms with van der Waals surface area (Å²) in [6.07, 6.45) is 0. The lowest BCUT2D eigenvalue weighted by Gasteiger charge is -2.08. The molecule has 0 aliphatic heterocycles. The van der Waals surface area contributed by atoms with Crippen molar-refractivity contribution in [1.29, 1.82) is 0 Å². The number of rotatable bonds is 3. The number of benzene rings is 2. The molecule has 0 unspecified atom stereocenters. The number of aromatic hydroxyl groups is 2. The minimum absolute atomic E-state index is 0.0618. The molecule has 2 rings (SSSR count). The number of hydrogen-bond donors (Lipinski definition) is 3. The fourth-order valence-electron chi connectivity index (χ4n) is 1.74. The van der Waals surface area contributed by atoms with Gasteiger partial charge in [-0.05, 0) is 36.4 Å². The van der Waals surface area contributed by atoms with E-state index in [4.69, 9.17) is 9.94 Å². The van der Waals surface area contributed by atoms with Gasteiger partial charge in [0, 0.05) is 17.2 Å². The molecular formula is C14H13NO4. The number of ether oxygens (including phenoxy) is 1. The molecule has 0 fully saturated rings. The molecule has 0 amide bonds. The van der Waals surface area contributed by atoms with E-state index >= 15 is 0 Å². The van der Waals surface area contributed by atoms with Crippen LogP contribution >= 0.6 is 0 Å². The molecule has 0 aromatic heterocycles. The maximum absolute atomic E-state index is 9.78. The molecular weight excluding hydrogens is 246 g/mol.